The van der Waals surface area contributed by atoms with Crippen molar-refractivity contribution in [2.75, 3.05) is 0 Å². The zero-order valence-corrected chi connectivity index (χ0v) is 22.3. The normalized spacial score (nSPS) is 11.0. The molecule has 0 aliphatic rings. The Morgan fingerprint density at radius 3 is 0.818 bits per heavy atom. The summed E-state index contributed by atoms with van der Waals surface area (Å²) in [5.41, 5.74) is 0. The first-order chi connectivity index (χ1) is 16.2. The molecule has 0 aromatic carbocycles. The highest BCUT2D eigenvalue weighted by Gasteiger charge is 2.09. The molecule has 0 N–H and O–H groups in total. The van der Waals surface area contributed by atoms with Crippen molar-refractivity contribution in [3.8, 4) is 0 Å². The number of carbonyl (C=O) groups is 2. The molecule has 0 unspecified atom stereocenters. The van der Waals surface area contributed by atoms with Crippen molar-refractivity contribution < 1.29 is 19.4 Å². The van der Waals surface area contributed by atoms with Crippen LogP contribution in [0.5, 0.6) is 0 Å². The highest BCUT2D eigenvalue weighted by molar-refractivity contribution is 5.72. The van der Waals surface area contributed by atoms with E-state index in [-0.39, 0.29) is 0 Å². The van der Waals surface area contributed by atoms with Crippen LogP contribution in [0.1, 0.15) is 174 Å². The maximum Gasteiger partial charge on any atom is 0.355 e. The minimum Gasteiger partial charge on any atom is -0.247 e. The van der Waals surface area contributed by atoms with Gasteiger partial charge >= 0.3 is 11.9 Å². The molecule has 0 rings (SSSR count). The van der Waals surface area contributed by atoms with Crippen molar-refractivity contribution in [3.63, 3.8) is 0 Å². The smallest absolute Gasteiger partial charge is 0.247 e. The fraction of sp³-hybridized carbons (Fsp3) is 0.931. The van der Waals surface area contributed by atoms with E-state index in [4.69, 9.17) is 0 Å². The summed E-state index contributed by atoms with van der Waals surface area (Å²) >= 11 is 0. The number of rotatable bonds is 25. The van der Waals surface area contributed by atoms with Crippen LogP contribution in [0, 0.1) is 0 Å². The summed E-state index contributed by atoms with van der Waals surface area (Å²) in [5, 5.41) is 0. The lowest BCUT2D eigenvalue weighted by Gasteiger charge is -2.04. The SMILES string of the molecule is CCCCCCCCCCCCCCCCCC(=O)OOC(=O)CCCCCCCCCC. The number of unbranched alkanes of at least 4 members (excludes halogenated alkanes) is 21. The van der Waals surface area contributed by atoms with Gasteiger partial charge in [-0.05, 0) is 12.8 Å². The molecule has 0 aliphatic heterocycles. The van der Waals surface area contributed by atoms with Gasteiger partial charge in [0.25, 0.3) is 0 Å². The molecule has 0 saturated heterocycles. The third kappa shape index (κ3) is 27.1. The van der Waals surface area contributed by atoms with Gasteiger partial charge in [0.2, 0.25) is 0 Å². The highest BCUT2D eigenvalue weighted by Crippen LogP contribution is 2.14. The predicted octanol–water partition coefficient (Wildman–Crippen LogP) is 9.78. The molecule has 0 atom stereocenters. The molecule has 4 heteroatoms. The lowest BCUT2D eigenvalue weighted by molar-refractivity contribution is -0.259. The van der Waals surface area contributed by atoms with Gasteiger partial charge < -0.3 is 0 Å². The zero-order chi connectivity index (χ0) is 24.2. The van der Waals surface area contributed by atoms with Gasteiger partial charge in [-0.1, -0.05) is 149 Å². The molecule has 0 bridgehead atoms. The summed E-state index contributed by atoms with van der Waals surface area (Å²) in [7, 11) is 0. The van der Waals surface area contributed by atoms with E-state index in [0.717, 1.165) is 32.1 Å². The fourth-order valence-electron chi connectivity index (χ4n) is 4.22. The Hall–Kier alpha value is -1.06. The number of carbonyl (C=O) groups excluding carboxylic acids is 2. The van der Waals surface area contributed by atoms with Gasteiger partial charge in [0.15, 0.2) is 0 Å². The van der Waals surface area contributed by atoms with Crippen molar-refractivity contribution >= 4 is 11.9 Å². The monoisotopic (exact) mass is 468 g/mol. The van der Waals surface area contributed by atoms with E-state index in [2.05, 4.69) is 23.6 Å². The molecular formula is C29H56O4. The van der Waals surface area contributed by atoms with Gasteiger partial charge in [0.1, 0.15) is 0 Å². The van der Waals surface area contributed by atoms with Gasteiger partial charge in [-0.25, -0.2) is 19.4 Å². The van der Waals surface area contributed by atoms with E-state index >= 15 is 0 Å². The third-order valence-electron chi connectivity index (χ3n) is 6.45. The van der Waals surface area contributed by atoms with E-state index < -0.39 is 11.9 Å². The van der Waals surface area contributed by atoms with Crippen molar-refractivity contribution in [3.05, 3.63) is 0 Å². The van der Waals surface area contributed by atoms with E-state index in [9.17, 15) is 9.59 Å². The average Bonchev–Trinajstić information content (AvgIpc) is 2.82. The Balaban J connectivity index is 3.27. The summed E-state index contributed by atoms with van der Waals surface area (Å²) in [4.78, 5) is 32.6. The molecule has 196 valence electrons. The van der Waals surface area contributed by atoms with Crippen LogP contribution in [0.2, 0.25) is 0 Å². The quantitative estimate of drug-likeness (QED) is 0.0760. The zero-order valence-electron chi connectivity index (χ0n) is 22.3. The maximum atomic E-state index is 11.7. The van der Waals surface area contributed by atoms with E-state index in [1.807, 2.05) is 0 Å². The van der Waals surface area contributed by atoms with Crippen LogP contribution in [0.15, 0.2) is 0 Å². The minimum atomic E-state index is -0.425. The second-order valence-corrected chi connectivity index (χ2v) is 9.84. The molecule has 0 fully saturated rings. The molecule has 0 spiro atoms. The molecule has 0 aromatic rings. The standard InChI is InChI=1S/C29H56O4/c1-3-5-7-9-11-13-14-15-16-17-18-19-21-23-25-27-29(31)33-32-28(30)26-24-22-20-12-10-8-6-4-2/h3-27H2,1-2H3. The second kappa shape index (κ2) is 27.2. The van der Waals surface area contributed by atoms with Crippen molar-refractivity contribution in [2.45, 2.75) is 174 Å². The fourth-order valence-corrected chi connectivity index (χ4v) is 4.22. The molecule has 0 radical (unpaired) electrons. The van der Waals surface area contributed by atoms with Gasteiger partial charge in [0.05, 0.1) is 12.8 Å². The first-order valence-electron chi connectivity index (χ1n) is 14.6. The topological polar surface area (TPSA) is 52.6 Å². The Kier molecular flexibility index (Phi) is 26.3. The second-order valence-electron chi connectivity index (χ2n) is 9.84. The van der Waals surface area contributed by atoms with Gasteiger partial charge in [-0.2, -0.15) is 0 Å². The molecule has 4 nitrogen and oxygen atoms in total. The van der Waals surface area contributed by atoms with E-state index in [1.165, 1.54) is 116 Å². The Morgan fingerprint density at radius 1 is 0.364 bits per heavy atom. The van der Waals surface area contributed by atoms with Crippen LogP contribution in [0.3, 0.4) is 0 Å². The maximum absolute atomic E-state index is 11.7. The van der Waals surface area contributed by atoms with Crippen molar-refractivity contribution in [1.82, 2.24) is 0 Å². The van der Waals surface area contributed by atoms with Crippen LogP contribution in [-0.4, -0.2) is 11.9 Å². The minimum absolute atomic E-state index is 0.335. The Labute approximate surface area is 205 Å². The predicted molar refractivity (Wildman–Crippen MR) is 139 cm³/mol. The molecular weight excluding hydrogens is 412 g/mol. The lowest BCUT2D eigenvalue weighted by atomic mass is 10.0. The molecule has 33 heavy (non-hydrogen) atoms. The van der Waals surface area contributed by atoms with Gasteiger partial charge in [-0.3, -0.25) is 0 Å². The Bertz CT molecular complexity index is 422. The largest absolute Gasteiger partial charge is 0.355 e. The molecule has 0 heterocycles. The summed E-state index contributed by atoms with van der Waals surface area (Å²) in [5.74, 6) is -0.847. The van der Waals surface area contributed by atoms with Crippen LogP contribution in [0.25, 0.3) is 0 Å². The van der Waals surface area contributed by atoms with Crippen LogP contribution >= 0.6 is 0 Å². The average molecular weight is 469 g/mol. The summed E-state index contributed by atoms with van der Waals surface area (Å²) < 4.78 is 0. The molecule has 0 saturated carbocycles. The van der Waals surface area contributed by atoms with Crippen LogP contribution in [-0.2, 0) is 19.4 Å². The summed E-state index contributed by atoms with van der Waals surface area (Å²) in [6.07, 6.45) is 29.6. The number of hydrogen-bond donors (Lipinski definition) is 0. The van der Waals surface area contributed by atoms with Gasteiger partial charge in [0, 0.05) is 0 Å². The van der Waals surface area contributed by atoms with Crippen LogP contribution in [0.4, 0.5) is 0 Å². The van der Waals surface area contributed by atoms with Crippen LogP contribution < -0.4 is 0 Å². The highest BCUT2D eigenvalue weighted by atomic mass is 17.2. The number of hydrogen-bond acceptors (Lipinski definition) is 4. The third-order valence-corrected chi connectivity index (χ3v) is 6.45. The molecule has 0 aliphatic carbocycles. The van der Waals surface area contributed by atoms with Crippen molar-refractivity contribution in [1.29, 1.82) is 0 Å². The molecule has 0 amide bonds. The van der Waals surface area contributed by atoms with Crippen molar-refractivity contribution in [2.24, 2.45) is 0 Å². The van der Waals surface area contributed by atoms with E-state index in [1.54, 1.807) is 0 Å². The molecule has 0 aromatic heterocycles. The first kappa shape index (κ1) is 31.9. The van der Waals surface area contributed by atoms with E-state index in [0.29, 0.717) is 12.8 Å². The van der Waals surface area contributed by atoms with Gasteiger partial charge in [-0.15, -0.1) is 0 Å². The first-order valence-corrected chi connectivity index (χ1v) is 14.6. The summed E-state index contributed by atoms with van der Waals surface area (Å²) in [6, 6.07) is 0. The Morgan fingerprint density at radius 2 is 0.576 bits per heavy atom. The summed E-state index contributed by atoms with van der Waals surface area (Å²) in [6.45, 7) is 4.49. The lowest BCUT2D eigenvalue weighted by Crippen LogP contribution is -2.11.